The molecular weight excluding hydrogens is 392 g/mol. The number of carbonyl (C=O) groups is 4. The van der Waals surface area contributed by atoms with Crippen LogP contribution in [0, 0.1) is 6.92 Å². The van der Waals surface area contributed by atoms with Crippen LogP contribution in [0.3, 0.4) is 0 Å². The van der Waals surface area contributed by atoms with Crippen LogP contribution >= 0.6 is 11.8 Å². The third-order valence-electron chi connectivity index (χ3n) is 4.51. The Labute approximate surface area is 171 Å². The third kappa shape index (κ3) is 4.22. The molecule has 0 atom stereocenters. The van der Waals surface area contributed by atoms with Gasteiger partial charge in [-0.25, -0.2) is 4.79 Å². The number of imide groups is 1. The van der Waals surface area contributed by atoms with Gasteiger partial charge in [-0.15, -0.1) is 0 Å². The zero-order valence-electron chi connectivity index (χ0n) is 15.8. The molecule has 148 valence electrons. The first-order valence-electron chi connectivity index (χ1n) is 8.69. The highest BCUT2D eigenvalue weighted by molar-refractivity contribution is 8.18. The Morgan fingerprint density at radius 3 is 2.45 bits per heavy atom. The lowest BCUT2D eigenvalue weighted by molar-refractivity contribution is -0.128. The number of nitrogens with zero attached hydrogens (tertiary/aromatic N) is 2. The lowest BCUT2D eigenvalue weighted by atomic mass is 10.1. The summed E-state index contributed by atoms with van der Waals surface area (Å²) in [5.74, 6) is -2.29. The summed E-state index contributed by atoms with van der Waals surface area (Å²) in [6.45, 7) is 1.43. The van der Waals surface area contributed by atoms with E-state index in [1.165, 1.54) is 19.2 Å². The first-order valence-corrected chi connectivity index (χ1v) is 9.51. The van der Waals surface area contributed by atoms with Gasteiger partial charge in [-0.05, 0) is 48.0 Å². The minimum absolute atomic E-state index is 0.0445. The van der Waals surface area contributed by atoms with Gasteiger partial charge in [0.1, 0.15) is 6.54 Å². The molecule has 1 aliphatic rings. The summed E-state index contributed by atoms with van der Waals surface area (Å²) in [5, 5.41) is 8.76. The van der Waals surface area contributed by atoms with Crippen molar-refractivity contribution in [1.82, 2.24) is 4.90 Å². The fourth-order valence-electron chi connectivity index (χ4n) is 2.85. The lowest BCUT2D eigenvalue weighted by Crippen LogP contribution is -2.41. The molecule has 2 aromatic rings. The maximum absolute atomic E-state index is 12.7. The molecule has 0 unspecified atom stereocenters. The fraction of sp³-hybridized carbons (Fsp3) is 0.143. The minimum atomic E-state index is -1.17. The molecule has 0 aliphatic carbocycles. The van der Waals surface area contributed by atoms with Crippen molar-refractivity contribution in [2.24, 2.45) is 0 Å². The Morgan fingerprint density at radius 1 is 1.10 bits per heavy atom. The maximum Gasteiger partial charge on any atom is 0.337 e. The number of benzene rings is 2. The van der Waals surface area contributed by atoms with E-state index >= 15 is 0 Å². The van der Waals surface area contributed by atoms with Crippen LogP contribution in [-0.4, -0.2) is 46.6 Å². The van der Waals surface area contributed by atoms with E-state index in [0.717, 1.165) is 32.7 Å². The van der Waals surface area contributed by atoms with E-state index in [1.54, 1.807) is 18.2 Å². The van der Waals surface area contributed by atoms with Crippen LogP contribution in [0.2, 0.25) is 0 Å². The lowest BCUT2D eigenvalue weighted by Gasteiger charge is -2.21. The molecule has 1 heterocycles. The fourth-order valence-corrected chi connectivity index (χ4v) is 3.68. The summed E-state index contributed by atoms with van der Waals surface area (Å²) >= 11 is 0.777. The van der Waals surface area contributed by atoms with Crippen LogP contribution in [0.15, 0.2) is 53.4 Å². The van der Waals surface area contributed by atoms with E-state index in [-0.39, 0.29) is 16.2 Å². The van der Waals surface area contributed by atoms with Gasteiger partial charge in [-0.1, -0.05) is 36.4 Å². The van der Waals surface area contributed by atoms with Crippen molar-refractivity contribution in [3.05, 3.63) is 70.1 Å². The summed E-state index contributed by atoms with van der Waals surface area (Å²) in [6, 6.07) is 13.5. The number of carbonyl (C=O) groups excluding carboxylic acids is 3. The summed E-state index contributed by atoms with van der Waals surface area (Å²) in [6.07, 6.45) is 1.63. The second-order valence-electron chi connectivity index (χ2n) is 6.40. The van der Waals surface area contributed by atoms with Crippen LogP contribution in [0.4, 0.5) is 10.5 Å². The van der Waals surface area contributed by atoms with Gasteiger partial charge in [0.05, 0.1) is 16.2 Å². The monoisotopic (exact) mass is 410 g/mol. The number of carboxylic acids is 1. The third-order valence-corrected chi connectivity index (χ3v) is 5.42. The Bertz CT molecular complexity index is 1050. The van der Waals surface area contributed by atoms with Gasteiger partial charge in [0.25, 0.3) is 11.1 Å². The largest absolute Gasteiger partial charge is 0.478 e. The van der Waals surface area contributed by atoms with Crippen LogP contribution in [0.25, 0.3) is 6.08 Å². The maximum atomic E-state index is 12.7. The number of hydrogen-bond acceptors (Lipinski definition) is 5. The molecule has 1 saturated heterocycles. The molecule has 7 nitrogen and oxygen atoms in total. The van der Waals surface area contributed by atoms with Gasteiger partial charge >= 0.3 is 5.97 Å². The van der Waals surface area contributed by atoms with Crippen LogP contribution in [0.1, 0.15) is 21.5 Å². The van der Waals surface area contributed by atoms with E-state index in [9.17, 15) is 24.3 Å². The molecular formula is C21H18N2O5S. The van der Waals surface area contributed by atoms with E-state index in [1.807, 2.05) is 31.2 Å². The number of likely N-dealkylation sites (N-methyl/N-ethyl adjacent to an activating group) is 1. The van der Waals surface area contributed by atoms with E-state index in [0.29, 0.717) is 0 Å². The van der Waals surface area contributed by atoms with Crippen molar-refractivity contribution in [3.8, 4) is 0 Å². The van der Waals surface area contributed by atoms with Gasteiger partial charge in [0.2, 0.25) is 5.91 Å². The van der Waals surface area contributed by atoms with Crippen molar-refractivity contribution in [2.45, 2.75) is 6.92 Å². The van der Waals surface area contributed by atoms with Crippen molar-refractivity contribution < 1.29 is 24.3 Å². The number of amides is 3. The molecule has 3 amide bonds. The summed E-state index contributed by atoms with van der Waals surface area (Å²) in [5.41, 5.74) is 1.92. The minimum Gasteiger partial charge on any atom is -0.478 e. The second-order valence-corrected chi connectivity index (χ2v) is 7.39. The second kappa shape index (κ2) is 8.32. The molecule has 0 spiro atoms. The van der Waals surface area contributed by atoms with Crippen molar-refractivity contribution in [3.63, 3.8) is 0 Å². The van der Waals surface area contributed by atoms with E-state index < -0.39 is 29.6 Å². The molecule has 1 aliphatic heterocycles. The predicted molar refractivity (Wildman–Crippen MR) is 111 cm³/mol. The van der Waals surface area contributed by atoms with E-state index in [2.05, 4.69) is 0 Å². The molecule has 0 radical (unpaired) electrons. The van der Waals surface area contributed by atoms with Crippen LogP contribution in [0.5, 0.6) is 0 Å². The van der Waals surface area contributed by atoms with Gasteiger partial charge in [-0.2, -0.15) is 0 Å². The van der Waals surface area contributed by atoms with Crippen molar-refractivity contribution >= 4 is 46.5 Å². The van der Waals surface area contributed by atoms with Gasteiger partial charge < -0.3 is 10.0 Å². The molecule has 1 fully saturated rings. The highest BCUT2D eigenvalue weighted by Crippen LogP contribution is 2.33. The normalized spacial score (nSPS) is 15.1. The molecule has 29 heavy (non-hydrogen) atoms. The number of aromatic carboxylic acids is 1. The Balaban J connectivity index is 1.79. The number of aryl methyl sites for hydroxylation is 1. The Morgan fingerprint density at radius 2 is 1.76 bits per heavy atom. The van der Waals surface area contributed by atoms with Crippen LogP contribution < -0.4 is 4.90 Å². The van der Waals surface area contributed by atoms with Gasteiger partial charge in [0, 0.05) is 7.05 Å². The number of anilines is 1. The molecule has 1 N–H and O–H groups in total. The van der Waals surface area contributed by atoms with Crippen molar-refractivity contribution in [2.75, 3.05) is 18.5 Å². The first-order chi connectivity index (χ1) is 13.8. The zero-order chi connectivity index (χ0) is 21.1. The molecule has 2 aromatic carbocycles. The molecule has 0 bridgehead atoms. The summed E-state index contributed by atoms with van der Waals surface area (Å²) in [4.78, 5) is 51.2. The molecule has 3 rings (SSSR count). The summed E-state index contributed by atoms with van der Waals surface area (Å²) in [7, 11) is 1.41. The van der Waals surface area contributed by atoms with Gasteiger partial charge in [-0.3, -0.25) is 19.3 Å². The highest BCUT2D eigenvalue weighted by atomic mass is 32.2. The standard InChI is InChI=1S/C21H18N2O5S/c1-13-7-3-4-8-14(13)11-17-19(25)23(21(28)29-17)12-18(24)22(2)16-10-6-5-9-15(16)20(26)27/h3-11H,12H2,1-2H3,(H,26,27)/b17-11-. The average molecular weight is 410 g/mol. The Hall–Kier alpha value is -3.39. The first kappa shape index (κ1) is 20.3. The summed E-state index contributed by atoms with van der Waals surface area (Å²) < 4.78 is 0. The zero-order valence-corrected chi connectivity index (χ0v) is 16.6. The SMILES string of the molecule is Cc1ccccc1/C=C1\SC(=O)N(CC(=O)N(C)c2ccccc2C(=O)O)C1=O. The average Bonchev–Trinajstić information content (AvgIpc) is 2.96. The van der Waals surface area contributed by atoms with Crippen LogP contribution in [-0.2, 0) is 9.59 Å². The number of hydrogen-bond donors (Lipinski definition) is 1. The number of carboxylic acid groups (broad SMARTS) is 1. The van der Waals surface area contributed by atoms with Gasteiger partial charge in [0.15, 0.2) is 0 Å². The highest BCUT2D eigenvalue weighted by Gasteiger charge is 2.37. The number of thioether (sulfide) groups is 1. The smallest absolute Gasteiger partial charge is 0.337 e. The number of para-hydroxylation sites is 1. The molecule has 0 saturated carbocycles. The van der Waals surface area contributed by atoms with Crippen molar-refractivity contribution in [1.29, 1.82) is 0 Å². The quantitative estimate of drug-likeness (QED) is 0.759. The Kier molecular flexibility index (Phi) is 5.84. The molecule has 0 aromatic heterocycles. The number of rotatable bonds is 5. The predicted octanol–water partition coefficient (Wildman–Crippen LogP) is 3.39. The molecule has 8 heteroatoms. The topological polar surface area (TPSA) is 95.0 Å². The van der Waals surface area contributed by atoms with E-state index in [4.69, 9.17) is 0 Å².